The van der Waals surface area contributed by atoms with Crippen molar-refractivity contribution in [3.8, 4) is 11.5 Å². The van der Waals surface area contributed by atoms with E-state index in [-0.39, 0.29) is 27.6 Å². The van der Waals surface area contributed by atoms with E-state index in [1.807, 2.05) is 30.3 Å². The number of para-hydroxylation sites is 1. The van der Waals surface area contributed by atoms with Crippen LogP contribution in [0.5, 0.6) is 0 Å². The number of benzene rings is 3. The molecule has 0 aliphatic rings. The molecule has 164 valence electrons. The summed E-state index contributed by atoms with van der Waals surface area (Å²) in [6.07, 6.45) is 0. The standard InChI is InChI=1S/C22H14BrN5O4S/c23-16-11-9-14(10-12-16)19(29)21(26-24-17-6-2-1-3-7-17)33-22-27-25-20(32-22)15-5-4-8-18(13-15)28(30)31/h1-13,24H/b26-21-. The molecule has 4 rings (SSSR count). The van der Waals surface area contributed by atoms with Crippen molar-refractivity contribution in [2.45, 2.75) is 5.22 Å². The molecule has 3 aromatic carbocycles. The summed E-state index contributed by atoms with van der Waals surface area (Å²) in [4.78, 5) is 23.6. The van der Waals surface area contributed by atoms with Gasteiger partial charge >= 0.3 is 0 Å². The van der Waals surface area contributed by atoms with Gasteiger partial charge in [-0.1, -0.05) is 40.2 Å². The molecule has 11 heteroatoms. The van der Waals surface area contributed by atoms with E-state index >= 15 is 0 Å². The molecule has 4 aromatic rings. The highest BCUT2D eigenvalue weighted by molar-refractivity contribution is 9.10. The van der Waals surface area contributed by atoms with Gasteiger partial charge in [-0.05, 0) is 54.2 Å². The van der Waals surface area contributed by atoms with Crippen LogP contribution in [0.4, 0.5) is 11.4 Å². The number of non-ortho nitro benzene ring substituents is 1. The lowest BCUT2D eigenvalue weighted by Crippen LogP contribution is -2.13. The number of hydrogen-bond donors (Lipinski definition) is 1. The Labute approximate surface area is 200 Å². The molecule has 0 fully saturated rings. The van der Waals surface area contributed by atoms with Gasteiger partial charge in [-0.15, -0.1) is 10.2 Å². The Morgan fingerprint density at radius 1 is 1.03 bits per heavy atom. The number of nitrogens with zero attached hydrogens (tertiary/aromatic N) is 4. The maximum absolute atomic E-state index is 13.1. The van der Waals surface area contributed by atoms with Gasteiger partial charge in [-0.25, -0.2) is 0 Å². The summed E-state index contributed by atoms with van der Waals surface area (Å²) in [5.74, 6) is -0.251. The van der Waals surface area contributed by atoms with Crippen LogP contribution in [0.25, 0.3) is 11.5 Å². The Hall–Kier alpha value is -3.83. The number of ketones is 1. The van der Waals surface area contributed by atoms with Crippen LogP contribution in [0.2, 0.25) is 0 Å². The number of carbonyl (C=O) groups is 1. The van der Waals surface area contributed by atoms with E-state index in [1.54, 1.807) is 30.3 Å². The lowest BCUT2D eigenvalue weighted by atomic mass is 10.1. The first kappa shape index (κ1) is 22.4. The van der Waals surface area contributed by atoms with Crippen LogP contribution in [0, 0.1) is 10.1 Å². The van der Waals surface area contributed by atoms with Gasteiger partial charge in [-0.2, -0.15) is 5.10 Å². The molecule has 9 nitrogen and oxygen atoms in total. The second-order valence-corrected chi connectivity index (χ2v) is 8.37. The first-order chi connectivity index (χ1) is 16.0. The second-order valence-electron chi connectivity index (χ2n) is 6.51. The van der Waals surface area contributed by atoms with Gasteiger partial charge in [0.05, 0.1) is 10.6 Å². The molecular formula is C22H14BrN5O4S. The largest absolute Gasteiger partial charge is 0.411 e. The van der Waals surface area contributed by atoms with E-state index in [4.69, 9.17) is 4.42 Å². The zero-order chi connectivity index (χ0) is 23.2. The number of nitro groups is 1. The highest BCUT2D eigenvalue weighted by Gasteiger charge is 2.21. The van der Waals surface area contributed by atoms with Gasteiger partial charge in [0.15, 0.2) is 5.04 Å². The summed E-state index contributed by atoms with van der Waals surface area (Å²) in [5.41, 5.74) is 4.28. The van der Waals surface area contributed by atoms with E-state index in [9.17, 15) is 14.9 Å². The molecular weight excluding hydrogens is 510 g/mol. The predicted molar refractivity (Wildman–Crippen MR) is 128 cm³/mol. The molecule has 1 N–H and O–H groups in total. The van der Waals surface area contributed by atoms with E-state index < -0.39 is 4.92 Å². The smallest absolute Gasteiger partial charge is 0.283 e. The quantitative estimate of drug-likeness (QED) is 0.0803. The molecule has 0 aliphatic heterocycles. The molecule has 0 amide bonds. The van der Waals surface area contributed by atoms with Crippen molar-refractivity contribution < 1.29 is 14.1 Å². The van der Waals surface area contributed by atoms with Crippen molar-refractivity contribution in [1.82, 2.24) is 10.2 Å². The number of nitro benzene ring substituents is 1. The zero-order valence-electron chi connectivity index (χ0n) is 16.7. The van der Waals surface area contributed by atoms with Crippen molar-refractivity contribution in [2.75, 3.05) is 5.43 Å². The highest BCUT2D eigenvalue weighted by atomic mass is 79.9. The Balaban J connectivity index is 1.61. The second kappa shape index (κ2) is 10.2. The number of Topliss-reactive ketones (excluding diaryl/α,β-unsaturated/α-hetero) is 1. The zero-order valence-corrected chi connectivity index (χ0v) is 19.1. The van der Waals surface area contributed by atoms with Crippen molar-refractivity contribution in [3.05, 3.63) is 99.0 Å². The number of halogens is 1. The maximum Gasteiger partial charge on any atom is 0.283 e. The maximum atomic E-state index is 13.1. The molecule has 0 radical (unpaired) electrons. The van der Waals surface area contributed by atoms with Crippen molar-refractivity contribution in [2.24, 2.45) is 5.10 Å². The summed E-state index contributed by atoms with van der Waals surface area (Å²) in [7, 11) is 0. The monoisotopic (exact) mass is 523 g/mol. The molecule has 1 heterocycles. The number of aromatic nitrogens is 2. The molecule has 0 saturated heterocycles. The van der Waals surface area contributed by atoms with Crippen molar-refractivity contribution in [1.29, 1.82) is 0 Å². The van der Waals surface area contributed by atoms with E-state index in [0.29, 0.717) is 16.8 Å². The minimum atomic E-state index is -0.508. The number of thioether (sulfide) groups is 1. The van der Waals surface area contributed by atoms with Gasteiger partial charge in [0, 0.05) is 27.7 Å². The molecule has 0 atom stereocenters. The molecule has 1 aromatic heterocycles. The van der Waals surface area contributed by atoms with Gasteiger partial charge in [0.2, 0.25) is 11.7 Å². The minimum Gasteiger partial charge on any atom is -0.411 e. The number of hydrazone groups is 1. The molecule has 0 aliphatic carbocycles. The SMILES string of the molecule is O=C(/C(=N/Nc1ccccc1)Sc1nnc(-c2cccc([N+](=O)[O-])c2)o1)c1ccc(Br)cc1. The van der Waals surface area contributed by atoms with E-state index in [0.717, 1.165) is 16.2 Å². The number of anilines is 1. The Morgan fingerprint density at radius 2 is 1.79 bits per heavy atom. The summed E-state index contributed by atoms with van der Waals surface area (Å²) in [6, 6.07) is 21.9. The molecule has 33 heavy (non-hydrogen) atoms. The lowest BCUT2D eigenvalue weighted by molar-refractivity contribution is -0.384. The highest BCUT2D eigenvalue weighted by Crippen LogP contribution is 2.27. The summed E-state index contributed by atoms with van der Waals surface area (Å²) in [5, 5.41) is 23.3. The van der Waals surface area contributed by atoms with Crippen LogP contribution < -0.4 is 5.43 Å². The minimum absolute atomic E-state index is 0.0654. The van der Waals surface area contributed by atoms with Gasteiger partial charge in [0.25, 0.3) is 10.9 Å². The van der Waals surface area contributed by atoms with Gasteiger partial charge in [0.1, 0.15) is 0 Å². The van der Waals surface area contributed by atoms with Gasteiger partial charge < -0.3 is 4.42 Å². The Bertz CT molecular complexity index is 1330. The van der Waals surface area contributed by atoms with Crippen LogP contribution in [-0.2, 0) is 0 Å². The van der Waals surface area contributed by atoms with Crippen LogP contribution in [0.15, 0.2) is 98.1 Å². The fourth-order valence-corrected chi connectivity index (χ4v) is 3.61. The van der Waals surface area contributed by atoms with Crippen LogP contribution in [-0.4, -0.2) is 25.9 Å². The fraction of sp³-hybridized carbons (Fsp3) is 0. The molecule has 0 unspecified atom stereocenters. The summed E-state index contributed by atoms with van der Waals surface area (Å²) in [6.45, 7) is 0. The first-order valence-electron chi connectivity index (χ1n) is 9.45. The van der Waals surface area contributed by atoms with E-state index in [2.05, 4.69) is 36.7 Å². The van der Waals surface area contributed by atoms with Crippen LogP contribution in [0.1, 0.15) is 10.4 Å². The van der Waals surface area contributed by atoms with Crippen molar-refractivity contribution >= 4 is 49.9 Å². The summed E-state index contributed by atoms with van der Waals surface area (Å²) < 4.78 is 6.48. The number of carbonyl (C=O) groups excluding carboxylic acids is 1. The molecule has 0 bridgehead atoms. The first-order valence-corrected chi connectivity index (χ1v) is 11.1. The van der Waals surface area contributed by atoms with Crippen LogP contribution in [0.3, 0.4) is 0 Å². The van der Waals surface area contributed by atoms with E-state index in [1.165, 1.54) is 18.2 Å². The number of nitrogens with one attached hydrogen (secondary N) is 1. The summed E-state index contributed by atoms with van der Waals surface area (Å²) >= 11 is 4.24. The number of rotatable bonds is 7. The fourth-order valence-electron chi connectivity index (χ4n) is 2.68. The predicted octanol–water partition coefficient (Wildman–Crippen LogP) is 5.81. The third-order valence-corrected chi connectivity index (χ3v) is 5.59. The molecule has 0 saturated carbocycles. The Morgan fingerprint density at radius 3 is 2.52 bits per heavy atom. The van der Waals surface area contributed by atoms with Crippen molar-refractivity contribution in [3.63, 3.8) is 0 Å². The average Bonchev–Trinajstić information content (AvgIpc) is 3.31. The molecule has 0 spiro atoms. The van der Waals surface area contributed by atoms with Crippen LogP contribution >= 0.6 is 27.7 Å². The number of hydrogen-bond acceptors (Lipinski definition) is 9. The van der Waals surface area contributed by atoms with Gasteiger partial charge in [-0.3, -0.25) is 20.3 Å². The third-order valence-electron chi connectivity index (χ3n) is 4.26. The average molecular weight is 524 g/mol. The third kappa shape index (κ3) is 5.70. The normalized spacial score (nSPS) is 11.2. The lowest BCUT2D eigenvalue weighted by Gasteiger charge is -2.05. The Kier molecular flexibility index (Phi) is 6.91. The topological polar surface area (TPSA) is 124 Å².